The van der Waals surface area contributed by atoms with Crippen molar-refractivity contribution >= 4 is 24.8 Å². The van der Waals surface area contributed by atoms with Crippen LogP contribution in [0.3, 0.4) is 0 Å². The van der Waals surface area contributed by atoms with Gasteiger partial charge in [0.25, 0.3) is 0 Å². The summed E-state index contributed by atoms with van der Waals surface area (Å²) in [7, 11) is 0. The Morgan fingerprint density at radius 1 is 1.03 bits per heavy atom. The number of aromatic amines is 1. The molecule has 2 aromatic carbocycles. The molecule has 148 valence electrons. The Labute approximate surface area is 182 Å². The number of nitrogens with zero attached hydrogens (tertiary/aromatic N) is 4. The van der Waals surface area contributed by atoms with Crippen molar-refractivity contribution in [3.63, 3.8) is 0 Å². The number of halogens is 2. The minimum Gasteiger partial charge on any atom is -0.345 e. The predicted octanol–water partition coefficient (Wildman–Crippen LogP) is 5.19. The number of aromatic nitrogens is 4. The normalized spacial score (nSPS) is 11.0. The summed E-state index contributed by atoms with van der Waals surface area (Å²) < 4.78 is 2.16. The quantitative estimate of drug-likeness (QED) is 0.478. The third kappa shape index (κ3) is 4.68. The van der Waals surface area contributed by atoms with Gasteiger partial charge in [-0.1, -0.05) is 43.3 Å². The summed E-state index contributed by atoms with van der Waals surface area (Å²) in [6.07, 6.45) is 7.34. The molecule has 0 amide bonds. The minimum atomic E-state index is 0. The maximum atomic E-state index is 8.96. The van der Waals surface area contributed by atoms with Crippen LogP contribution >= 0.6 is 24.8 Å². The van der Waals surface area contributed by atoms with E-state index >= 15 is 0 Å². The zero-order valence-electron chi connectivity index (χ0n) is 15.8. The van der Waals surface area contributed by atoms with Crippen molar-refractivity contribution in [2.75, 3.05) is 0 Å². The maximum absolute atomic E-state index is 8.96. The summed E-state index contributed by atoms with van der Waals surface area (Å²) in [6, 6.07) is 18.2. The summed E-state index contributed by atoms with van der Waals surface area (Å²) in [5.74, 6) is 0.172. The lowest BCUT2D eigenvalue weighted by molar-refractivity contribution is 0.710. The van der Waals surface area contributed by atoms with Crippen molar-refractivity contribution in [2.45, 2.75) is 19.4 Å². The Bertz CT molecular complexity index is 1080. The lowest BCUT2D eigenvalue weighted by Crippen LogP contribution is -2.08. The van der Waals surface area contributed by atoms with Gasteiger partial charge in [0, 0.05) is 29.9 Å². The van der Waals surface area contributed by atoms with Crippen LogP contribution in [0.1, 0.15) is 35.2 Å². The lowest BCUT2D eigenvalue weighted by Gasteiger charge is -2.18. The molecule has 0 aliphatic rings. The molecule has 0 saturated heterocycles. The molecular formula is C22H21Cl2N5. The van der Waals surface area contributed by atoms with Crippen LogP contribution in [0.4, 0.5) is 0 Å². The molecule has 1 unspecified atom stereocenters. The van der Waals surface area contributed by atoms with Crippen molar-refractivity contribution in [3.05, 3.63) is 96.0 Å². The second-order valence-corrected chi connectivity index (χ2v) is 6.53. The monoisotopic (exact) mass is 425 g/mol. The Morgan fingerprint density at radius 3 is 2.48 bits per heavy atom. The highest BCUT2D eigenvalue weighted by Gasteiger charge is 2.18. The molecule has 0 saturated carbocycles. The largest absolute Gasteiger partial charge is 0.345 e. The van der Waals surface area contributed by atoms with E-state index in [0.29, 0.717) is 5.56 Å². The van der Waals surface area contributed by atoms with E-state index < -0.39 is 0 Å². The third-order valence-corrected chi connectivity index (χ3v) is 4.84. The van der Waals surface area contributed by atoms with Crippen LogP contribution in [0.15, 0.2) is 73.6 Å². The van der Waals surface area contributed by atoms with E-state index in [2.05, 4.69) is 50.7 Å². The van der Waals surface area contributed by atoms with E-state index in [1.165, 1.54) is 5.56 Å². The molecule has 0 bridgehead atoms. The minimum absolute atomic E-state index is 0. The molecule has 0 aliphatic heterocycles. The van der Waals surface area contributed by atoms with Gasteiger partial charge in [0.05, 0.1) is 36.2 Å². The average molecular weight is 426 g/mol. The lowest BCUT2D eigenvalue weighted by atomic mass is 9.92. The van der Waals surface area contributed by atoms with Crippen molar-refractivity contribution in [1.29, 1.82) is 5.26 Å². The molecule has 4 aromatic rings. The zero-order chi connectivity index (χ0) is 18.6. The Hall–Kier alpha value is -3.07. The zero-order valence-corrected chi connectivity index (χ0v) is 17.5. The molecular weight excluding hydrogens is 405 g/mol. The number of imidazole rings is 2. The first-order valence-corrected chi connectivity index (χ1v) is 8.83. The van der Waals surface area contributed by atoms with Crippen LogP contribution in [0.25, 0.3) is 11.3 Å². The topological polar surface area (TPSA) is 70.3 Å². The van der Waals surface area contributed by atoms with Crippen LogP contribution < -0.4 is 0 Å². The van der Waals surface area contributed by atoms with E-state index in [1.807, 2.05) is 49.1 Å². The van der Waals surface area contributed by atoms with Gasteiger partial charge in [0.15, 0.2) is 0 Å². The number of benzene rings is 2. The van der Waals surface area contributed by atoms with Gasteiger partial charge < -0.3 is 9.55 Å². The molecule has 2 aromatic heterocycles. The molecule has 2 heterocycles. The molecule has 0 radical (unpaired) electrons. The van der Waals surface area contributed by atoms with Crippen molar-refractivity contribution in [2.24, 2.45) is 0 Å². The molecule has 1 atom stereocenters. The first-order valence-electron chi connectivity index (χ1n) is 8.83. The van der Waals surface area contributed by atoms with Crippen molar-refractivity contribution < 1.29 is 0 Å². The molecule has 5 nitrogen and oxygen atoms in total. The maximum Gasteiger partial charge on any atom is 0.0991 e. The Morgan fingerprint density at radius 2 is 1.79 bits per heavy atom. The summed E-state index contributed by atoms with van der Waals surface area (Å²) in [4.78, 5) is 11.7. The number of hydrogen-bond donors (Lipinski definition) is 1. The summed E-state index contributed by atoms with van der Waals surface area (Å²) in [5.41, 5.74) is 6.34. The van der Waals surface area contributed by atoms with Gasteiger partial charge >= 0.3 is 0 Å². The number of rotatable bonds is 5. The van der Waals surface area contributed by atoms with Gasteiger partial charge in [-0.05, 0) is 23.3 Å². The second-order valence-electron chi connectivity index (χ2n) is 6.53. The number of nitrogens with one attached hydrogen (secondary N) is 1. The van der Waals surface area contributed by atoms with E-state index in [4.69, 9.17) is 5.26 Å². The third-order valence-electron chi connectivity index (χ3n) is 4.84. The fourth-order valence-electron chi connectivity index (χ4n) is 3.39. The number of nitriles is 1. The predicted molar refractivity (Wildman–Crippen MR) is 119 cm³/mol. The number of hydrogen-bond acceptors (Lipinski definition) is 3. The highest BCUT2D eigenvalue weighted by molar-refractivity contribution is 5.85. The van der Waals surface area contributed by atoms with Gasteiger partial charge in [-0.3, -0.25) is 0 Å². The molecule has 29 heavy (non-hydrogen) atoms. The van der Waals surface area contributed by atoms with Crippen molar-refractivity contribution in [3.8, 4) is 17.3 Å². The highest BCUT2D eigenvalue weighted by atomic mass is 35.5. The van der Waals surface area contributed by atoms with Crippen LogP contribution in [-0.2, 0) is 6.54 Å². The molecule has 7 heteroatoms. The SMILES string of the molecule is CC(c1ccccc1-c1cnc[nH]1)c1cncn1Cc1ccc(C#N)cc1.Cl.Cl. The first kappa shape index (κ1) is 22.2. The summed E-state index contributed by atoms with van der Waals surface area (Å²) in [5, 5.41) is 8.96. The van der Waals surface area contributed by atoms with Gasteiger partial charge in [-0.2, -0.15) is 5.26 Å². The van der Waals surface area contributed by atoms with Gasteiger partial charge in [-0.15, -0.1) is 24.8 Å². The standard InChI is InChI=1S/C22H19N5.2ClH/c1-16(19-4-2-3-5-20(19)21-11-24-14-26-21)22-12-25-15-27(22)13-18-8-6-17(10-23)7-9-18;;/h2-9,11-12,14-16H,13H2,1H3,(H,24,26);2*1H. The molecule has 0 fully saturated rings. The Kier molecular flexibility index (Phi) is 7.60. The van der Waals surface area contributed by atoms with Gasteiger partial charge in [0.2, 0.25) is 0 Å². The second kappa shape index (κ2) is 9.92. The van der Waals surface area contributed by atoms with Crippen molar-refractivity contribution in [1.82, 2.24) is 19.5 Å². The molecule has 4 rings (SSSR count). The smallest absolute Gasteiger partial charge is 0.0991 e. The van der Waals surface area contributed by atoms with E-state index in [9.17, 15) is 0 Å². The summed E-state index contributed by atoms with van der Waals surface area (Å²) in [6.45, 7) is 2.92. The van der Waals surface area contributed by atoms with E-state index in [0.717, 1.165) is 29.1 Å². The average Bonchev–Trinajstić information content (AvgIpc) is 3.40. The molecule has 1 N–H and O–H groups in total. The van der Waals surface area contributed by atoms with Crippen LogP contribution in [0.5, 0.6) is 0 Å². The van der Waals surface area contributed by atoms with Crippen LogP contribution in [0, 0.1) is 11.3 Å². The molecule has 0 aliphatic carbocycles. The van der Waals surface area contributed by atoms with Gasteiger partial charge in [0.1, 0.15) is 0 Å². The molecule has 0 spiro atoms. The first-order chi connectivity index (χ1) is 13.3. The van der Waals surface area contributed by atoms with E-state index in [1.54, 1.807) is 6.33 Å². The van der Waals surface area contributed by atoms with Crippen LogP contribution in [-0.4, -0.2) is 19.5 Å². The fourth-order valence-corrected chi connectivity index (χ4v) is 3.39. The summed E-state index contributed by atoms with van der Waals surface area (Å²) >= 11 is 0. The highest BCUT2D eigenvalue weighted by Crippen LogP contribution is 2.32. The van der Waals surface area contributed by atoms with Crippen LogP contribution in [0.2, 0.25) is 0 Å². The van der Waals surface area contributed by atoms with E-state index in [-0.39, 0.29) is 30.7 Å². The fraction of sp³-hybridized carbons (Fsp3) is 0.136. The Balaban J connectivity index is 0.00000150. The van der Waals surface area contributed by atoms with Gasteiger partial charge in [-0.25, -0.2) is 9.97 Å². The number of H-pyrrole nitrogens is 1.